The third-order valence-corrected chi connectivity index (χ3v) is 14.9. The van der Waals surface area contributed by atoms with Crippen LogP contribution in [0.3, 0.4) is 0 Å². The molecule has 322 valence electrons. The molecule has 4 nitrogen and oxygen atoms in total. The number of anilines is 5. The molecule has 9 aromatic rings. The number of nitrogens with zero attached hydrogens (tertiary/aromatic N) is 2. The van der Waals surface area contributed by atoms with Gasteiger partial charge in [-0.05, 0) is 128 Å². The maximum atomic E-state index is 11.4. The van der Waals surface area contributed by atoms with Crippen molar-refractivity contribution in [3.63, 3.8) is 0 Å². The zero-order valence-corrected chi connectivity index (χ0v) is 38.4. The Morgan fingerprint density at radius 2 is 1.01 bits per heavy atom. The van der Waals surface area contributed by atoms with Crippen molar-refractivity contribution in [1.82, 2.24) is 0 Å². The van der Waals surface area contributed by atoms with Gasteiger partial charge in [0.15, 0.2) is 0 Å². The first-order chi connectivity index (χ1) is 33.3. The number of allylic oxidation sites excluding steroid dienone is 2. The molecule has 0 fully saturated rings. The minimum absolute atomic E-state index is 0.196. The number of phenolic OH excluding ortho intramolecular Hbond substituents is 2. The number of phenols is 2. The van der Waals surface area contributed by atoms with Crippen LogP contribution in [-0.4, -0.2) is 39.8 Å². The van der Waals surface area contributed by atoms with E-state index < -0.39 is 5.41 Å². The van der Waals surface area contributed by atoms with Gasteiger partial charge in [-0.3, -0.25) is 0 Å². The zero-order chi connectivity index (χ0) is 46.1. The molecule has 0 saturated carbocycles. The Labute approximate surface area is 401 Å². The van der Waals surface area contributed by atoms with Crippen LogP contribution in [0, 0.1) is 0 Å². The maximum Gasteiger partial charge on any atom is 0.145 e. The van der Waals surface area contributed by atoms with Crippen LogP contribution in [0.25, 0.3) is 33.4 Å². The molecule has 12 rings (SSSR count). The molecule has 0 radical (unpaired) electrons. The Morgan fingerprint density at radius 3 is 1.68 bits per heavy atom. The van der Waals surface area contributed by atoms with Crippen LogP contribution in [-0.2, 0) is 5.41 Å². The lowest BCUT2D eigenvalue weighted by atomic mass is 9.67. The first kappa shape index (κ1) is 41.3. The average Bonchev–Trinajstić information content (AvgIpc) is 3.89. The SMILES string of the molecule is Bc1c(B)c(O)c(-c2ccc(N(c3ccc(C4=CCC5C(=C4)c4ccccc4N5c4ccccc4)cc3)c3ccc4c(c3)C(c3ccccc3)(c3ccccc3)c3ccccc3-4)cc2)c(B)c1O. The third-order valence-electron chi connectivity index (χ3n) is 14.9. The van der Waals surface area contributed by atoms with Gasteiger partial charge < -0.3 is 20.0 Å². The number of hydrogen-bond acceptors (Lipinski definition) is 4. The fourth-order valence-electron chi connectivity index (χ4n) is 11.5. The summed E-state index contributed by atoms with van der Waals surface area (Å²) < 4.78 is 0. The highest BCUT2D eigenvalue weighted by atomic mass is 16.3. The minimum Gasteiger partial charge on any atom is -0.509 e. The largest absolute Gasteiger partial charge is 0.509 e. The molecular formula is C61H47B3N2O2. The lowest BCUT2D eigenvalue weighted by Gasteiger charge is -2.35. The summed E-state index contributed by atoms with van der Waals surface area (Å²) in [6, 6.07) is 74.9. The molecular weight excluding hydrogens is 825 g/mol. The molecule has 9 aromatic carbocycles. The highest BCUT2D eigenvalue weighted by molar-refractivity contribution is 6.54. The molecule has 2 aliphatic carbocycles. The van der Waals surface area contributed by atoms with Gasteiger partial charge in [-0.15, -0.1) is 0 Å². The smallest absolute Gasteiger partial charge is 0.145 e. The molecule has 1 atom stereocenters. The van der Waals surface area contributed by atoms with Gasteiger partial charge in [-0.2, -0.15) is 0 Å². The Morgan fingerprint density at radius 1 is 0.485 bits per heavy atom. The van der Waals surface area contributed by atoms with Gasteiger partial charge in [-0.25, -0.2) is 0 Å². The molecule has 0 bridgehead atoms. The molecule has 68 heavy (non-hydrogen) atoms. The van der Waals surface area contributed by atoms with Crippen LogP contribution < -0.4 is 26.2 Å². The van der Waals surface area contributed by atoms with Crippen molar-refractivity contribution in [2.45, 2.75) is 17.9 Å². The molecule has 0 amide bonds. The Hall–Kier alpha value is -8.15. The van der Waals surface area contributed by atoms with Gasteiger partial charge in [-0.1, -0.05) is 169 Å². The Kier molecular flexibility index (Phi) is 9.91. The molecule has 0 spiro atoms. The van der Waals surface area contributed by atoms with E-state index in [0.29, 0.717) is 22.0 Å². The third kappa shape index (κ3) is 6.33. The first-order valence-electron chi connectivity index (χ1n) is 23.6. The van der Waals surface area contributed by atoms with Crippen molar-refractivity contribution in [3.05, 3.63) is 252 Å². The molecule has 1 unspecified atom stereocenters. The second-order valence-corrected chi connectivity index (χ2v) is 18.4. The van der Waals surface area contributed by atoms with Crippen molar-refractivity contribution in [1.29, 1.82) is 0 Å². The minimum atomic E-state index is -0.558. The van der Waals surface area contributed by atoms with Gasteiger partial charge in [0, 0.05) is 39.6 Å². The number of rotatable bonds is 8. The molecule has 2 N–H and O–H groups in total. The second kappa shape index (κ2) is 16.3. The van der Waals surface area contributed by atoms with E-state index in [4.69, 9.17) is 0 Å². The molecule has 1 aliphatic heterocycles. The summed E-state index contributed by atoms with van der Waals surface area (Å²) in [7, 11) is 5.57. The van der Waals surface area contributed by atoms with E-state index in [1.807, 2.05) is 23.5 Å². The van der Waals surface area contributed by atoms with E-state index in [1.54, 1.807) is 0 Å². The normalized spacial score (nSPS) is 15.1. The Balaban J connectivity index is 0.995. The van der Waals surface area contributed by atoms with Crippen molar-refractivity contribution >= 4 is 79.5 Å². The van der Waals surface area contributed by atoms with Gasteiger partial charge in [0.25, 0.3) is 0 Å². The topological polar surface area (TPSA) is 46.9 Å². The molecule has 1 heterocycles. The van der Waals surface area contributed by atoms with Gasteiger partial charge in [0.2, 0.25) is 0 Å². The van der Waals surface area contributed by atoms with E-state index in [1.165, 1.54) is 67.0 Å². The molecule has 3 aliphatic rings. The van der Waals surface area contributed by atoms with Crippen molar-refractivity contribution in [3.8, 4) is 33.8 Å². The molecule has 7 heteroatoms. The summed E-state index contributed by atoms with van der Waals surface area (Å²) in [5.41, 5.74) is 20.9. The van der Waals surface area contributed by atoms with E-state index >= 15 is 0 Å². The van der Waals surface area contributed by atoms with Crippen molar-refractivity contribution < 1.29 is 10.2 Å². The van der Waals surface area contributed by atoms with Gasteiger partial charge in [0.1, 0.15) is 35.0 Å². The van der Waals surface area contributed by atoms with Gasteiger partial charge in [0.05, 0.1) is 11.5 Å². The van der Waals surface area contributed by atoms with Gasteiger partial charge >= 0.3 is 0 Å². The Bertz CT molecular complexity index is 3410. The quantitative estimate of drug-likeness (QED) is 0.118. The highest BCUT2D eigenvalue weighted by Gasteiger charge is 2.46. The summed E-state index contributed by atoms with van der Waals surface area (Å²) in [6.45, 7) is 0. The predicted octanol–water partition coefficient (Wildman–Crippen LogP) is 9.76. The standard InChI is InChI=1S/C61H47B3N2O2/c62-56-55(59(67)57(63)58(64)60(56)68)39-26-31-45(32-27-39)65(44-29-24-38(25-30-44)40-28-35-54-50(36-40)49-21-11-13-23-53(49)66(54)43-18-8-3-9-19-43)46-33-34-48-47-20-10-12-22-51(47)61(52(48)37-46,41-14-4-1-5-15-41)42-16-6-2-7-17-42/h1-34,36-37,54,67-68H,35,62-64H2. The van der Waals surface area contributed by atoms with Crippen molar-refractivity contribution in [2.24, 2.45) is 0 Å². The predicted molar refractivity (Wildman–Crippen MR) is 291 cm³/mol. The van der Waals surface area contributed by atoms with E-state index in [9.17, 15) is 10.2 Å². The number of aromatic hydroxyl groups is 2. The van der Waals surface area contributed by atoms with Crippen LogP contribution in [0.2, 0.25) is 0 Å². The fraction of sp³-hybridized carbons (Fsp3) is 0.0492. The number of hydrogen-bond donors (Lipinski definition) is 2. The van der Waals surface area contributed by atoms with Crippen LogP contribution in [0.15, 0.2) is 218 Å². The van der Waals surface area contributed by atoms with Crippen LogP contribution >= 0.6 is 0 Å². The fourth-order valence-corrected chi connectivity index (χ4v) is 11.5. The lowest BCUT2D eigenvalue weighted by Crippen LogP contribution is -2.32. The van der Waals surface area contributed by atoms with E-state index in [2.05, 4.69) is 228 Å². The highest BCUT2D eigenvalue weighted by Crippen LogP contribution is 2.57. The monoisotopic (exact) mass is 872 g/mol. The number of fused-ring (bicyclic) bond motifs is 6. The molecule has 0 aromatic heterocycles. The van der Waals surface area contributed by atoms with Crippen LogP contribution in [0.1, 0.15) is 39.8 Å². The summed E-state index contributed by atoms with van der Waals surface area (Å²) in [5, 5.41) is 22.5. The van der Waals surface area contributed by atoms with E-state index in [-0.39, 0.29) is 17.5 Å². The molecule has 0 saturated heterocycles. The number of benzene rings is 9. The number of para-hydroxylation sites is 2. The zero-order valence-electron chi connectivity index (χ0n) is 38.4. The lowest BCUT2D eigenvalue weighted by molar-refractivity contribution is 0.472. The summed E-state index contributed by atoms with van der Waals surface area (Å²) >= 11 is 0. The average molecular weight is 872 g/mol. The van der Waals surface area contributed by atoms with E-state index in [0.717, 1.165) is 29.0 Å². The van der Waals surface area contributed by atoms with Crippen LogP contribution in [0.4, 0.5) is 28.4 Å². The summed E-state index contributed by atoms with van der Waals surface area (Å²) in [6.07, 6.45) is 5.70. The maximum absolute atomic E-state index is 11.4. The first-order valence-corrected chi connectivity index (χ1v) is 23.6. The second-order valence-electron chi connectivity index (χ2n) is 18.4. The van der Waals surface area contributed by atoms with Crippen LogP contribution in [0.5, 0.6) is 11.5 Å². The summed E-state index contributed by atoms with van der Waals surface area (Å²) in [4.78, 5) is 4.84. The summed E-state index contributed by atoms with van der Waals surface area (Å²) in [5.74, 6) is 0.409. The van der Waals surface area contributed by atoms with Crippen molar-refractivity contribution in [2.75, 3.05) is 9.80 Å².